The summed E-state index contributed by atoms with van der Waals surface area (Å²) in [6.07, 6.45) is 0. The minimum Gasteiger partial charge on any atom is -0.497 e. The van der Waals surface area contributed by atoms with E-state index < -0.39 is 17.4 Å². The van der Waals surface area contributed by atoms with Crippen molar-refractivity contribution in [3.05, 3.63) is 53.6 Å². The van der Waals surface area contributed by atoms with Gasteiger partial charge in [-0.3, -0.25) is 0 Å². The molecule has 2 nitrogen and oxygen atoms in total. The van der Waals surface area contributed by atoms with Crippen LogP contribution in [0.4, 0.5) is 8.78 Å². The molecule has 0 spiro atoms. The van der Waals surface area contributed by atoms with Crippen LogP contribution in [-0.4, -0.2) is 7.11 Å². The lowest BCUT2D eigenvalue weighted by molar-refractivity contribution is 0.393. The molecule has 0 saturated carbocycles. The average Bonchev–Trinajstić information content (AvgIpc) is 2.45. The van der Waals surface area contributed by atoms with E-state index in [-0.39, 0.29) is 0 Å². The van der Waals surface area contributed by atoms with E-state index in [1.54, 1.807) is 31.2 Å². The first-order valence-electron chi connectivity index (χ1n) is 6.37. The van der Waals surface area contributed by atoms with Crippen molar-refractivity contribution in [2.75, 3.05) is 7.11 Å². The lowest BCUT2D eigenvalue weighted by Gasteiger charge is -2.09. The molecule has 0 radical (unpaired) electrons. The van der Waals surface area contributed by atoms with Crippen LogP contribution >= 0.6 is 0 Å². The number of hydrogen-bond acceptors (Lipinski definition) is 2. The Hall–Kier alpha value is -2.10. The normalized spacial score (nSPS) is 9.50. The quantitative estimate of drug-likeness (QED) is 0.778. The van der Waals surface area contributed by atoms with E-state index in [4.69, 9.17) is 9.47 Å². The third-order valence-electron chi connectivity index (χ3n) is 2.40. The minimum atomic E-state index is -0.727. The predicted molar refractivity (Wildman–Crippen MR) is 75.5 cm³/mol. The molecule has 0 atom stereocenters. The Labute approximate surface area is 118 Å². The first-order valence-corrected chi connectivity index (χ1v) is 6.37. The zero-order valence-corrected chi connectivity index (χ0v) is 12.0. The summed E-state index contributed by atoms with van der Waals surface area (Å²) in [7, 11) is 1.51. The Balaban J connectivity index is 0.000000956. The van der Waals surface area contributed by atoms with Crippen LogP contribution in [0.15, 0.2) is 36.4 Å². The number of rotatable bonds is 3. The van der Waals surface area contributed by atoms with Gasteiger partial charge in [-0.2, -0.15) is 0 Å². The van der Waals surface area contributed by atoms with Crippen LogP contribution < -0.4 is 9.47 Å². The van der Waals surface area contributed by atoms with Gasteiger partial charge in [-0.1, -0.05) is 19.9 Å². The summed E-state index contributed by atoms with van der Waals surface area (Å²) in [5, 5.41) is 0. The Morgan fingerprint density at radius 3 is 2.00 bits per heavy atom. The maximum Gasteiger partial charge on any atom is 0.198 e. The second kappa shape index (κ2) is 7.48. The molecule has 108 valence electrons. The van der Waals surface area contributed by atoms with E-state index in [2.05, 4.69) is 0 Å². The van der Waals surface area contributed by atoms with Crippen LogP contribution in [0.25, 0.3) is 0 Å². The van der Waals surface area contributed by atoms with Crippen molar-refractivity contribution < 1.29 is 18.3 Å². The fourth-order valence-corrected chi connectivity index (χ4v) is 1.57. The van der Waals surface area contributed by atoms with Gasteiger partial charge < -0.3 is 9.47 Å². The molecule has 2 rings (SSSR count). The van der Waals surface area contributed by atoms with Crippen LogP contribution in [0.1, 0.15) is 19.4 Å². The molecule has 0 bridgehead atoms. The lowest BCUT2D eigenvalue weighted by atomic mass is 10.2. The Kier molecular flexibility index (Phi) is 5.97. The summed E-state index contributed by atoms with van der Waals surface area (Å²) in [6.45, 7) is 5.61. The standard InChI is InChI=1S/C14H12F2O2.C2H6/c1-9-6-12(15)14(13(16)7-9)18-11-5-3-4-10(8-11)17-2;1-2/h3-8H,1-2H3;1-2H3. The van der Waals surface area contributed by atoms with Crippen LogP contribution in [0.5, 0.6) is 17.2 Å². The predicted octanol–water partition coefficient (Wildman–Crippen LogP) is 5.10. The number of halogens is 2. The number of ether oxygens (including phenoxy) is 2. The Morgan fingerprint density at radius 1 is 0.900 bits per heavy atom. The van der Waals surface area contributed by atoms with Crippen LogP contribution in [0.3, 0.4) is 0 Å². The number of methoxy groups -OCH3 is 1. The largest absolute Gasteiger partial charge is 0.497 e. The second-order valence-corrected chi connectivity index (χ2v) is 3.84. The van der Waals surface area contributed by atoms with Crippen LogP contribution in [-0.2, 0) is 0 Å². The van der Waals surface area contributed by atoms with Crippen LogP contribution in [0, 0.1) is 18.6 Å². The van der Waals surface area contributed by atoms with E-state index in [1.807, 2.05) is 13.8 Å². The van der Waals surface area contributed by atoms with Gasteiger partial charge in [0, 0.05) is 6.07 Å². The van der Waals surface area contributed by atoms with Crippen molar-refractivity contribution in [3.8, 4) is 17.2 Å². The molecule has 20 heavy (non-hydrogen) atoms. The highest BCUT2D eigenvalue weighted by atomic mass is 19.1. The van der Waals surface area contributed by atoms with Crippen molar-refractivity contribution in [2.45, 2.75) is 20.8 Å². The van der Waals surface area contributed by atoms with E-state index in [0.29, 0.717) is 17.1 Å². The maximum absolute atomic E-state index is 13.6. The summed E-state index contributed by atoms with van der Waals surface area (Å²) in [5.74, 6) is -0.990. The highest BCUT2D eigenvalue weighted by Crippen LogP contribution is 2.30. The first kappa shape index (κ1) is 16.0. The van der Waals surface area contributed by atoms with Gasteiger partial charge in [0.15, 0.2) is 17.4 Å². The number of benzene rings is 2. The van der Waals surface area contributed by atoms with E-state index in [1.165, 1.54) is 19.2 Å². The molecule has 0 heterocycles. The molecule has 0 fully saturated rings. The second-order valence-electron chi connectivity index (χ2n) is 3.84. The van der Waals surface area contributed by atoms with E-state index in [0.717, 1.165) is 0 Å². The smallest absolute Gasteiger partial charge is 0.198 e. The molecule has 0 amide bonds. The van der Waals surface area contributed by atoms with Gasteiger partial charge in [-0.25, -0.2) is 8.78 Å². The van der Waals surface area contributed by atoms with Crippen molar-refractivity contribution in [1.29, 1.82) is 0 Å². The number of aryl methyl sites for hydroxylation is 1. The van der Waals surface area contributed by atoms with E-state index in [9.17, 15) is 8.78 Å². The summed E-state index contributed by atoms with van der Waals surface area (Å²) in [4.78, 5) is 0. The molecule has 0 aliphatic heterocycles. The molecule has 0 N–H and O–H groups in total. The van der Waals surface area contributed by atoms with Gasteiger partial charge in [0.1, 0.15) is 11.5 Å². The molecule has 0 aliphatic rings. The van der Waals surface area contributed by atoms with Gasteiger partial charge in [-0.15, -0.1) is 0 Å². The highest BCUT2D eigenvalue weighted by molar-refractivity contribution is 5.38. The monoisotopic (exact) mass is 280 g/mol. The summed E-state index contributed by atoms with van der Waals surface area (Å²) in [6, 6.07) is 8.99. The van der Waals surface area contributed by atoms with Gasteiger partial charge in [0.2, 0.25) is 0 Å². The van der Waals surface area contributed by atoms with Gasteiger partial charge in [-0.05, 0) is 36.8 Å². The molecule has 2 aromatic carbocycles. The van der Waals surface area contributed by atoms with Gasteiger partial charge in [0.25, 0.3) is 0 Å². The molecular weight excluding hydrogens is 262 g/mol. The van der Waals surface area contributed by atoms with Crippen molar-refractivity contribution >= 4 is 0 Å². The average molecular weight is 280 g/mol. The lowest BCUT2D eigenvalue weighted by Crippen LogP contribution is -1.94. The zero-order valence-electron chi connectivity index (χ0n) is 12.0. The Bertz CT molecular complexity index is 545. The van der Waals surface area contributed by atoms with Gasteiger partial charge in [0.05, 0.1) is 7.11 Å². The zero-order chi connectivity index (χ0) is 15.1. The molecule has 0 saturated heterocycles. The summed E-state index contributed by atoms with van der Waals surface area (Å²) < 4.78 is 37.4. The third-order valence-corrected chi connectivity index (χ3v) is 2.40. The molecule has 2 aromatic rings. The fourth-order valence-electron chi connectivity index (χ4n) is 1.57. The SMILES string of the molecule is CC.COc1cccc(Oc2c(F)cc(C)cc2F)c1. The van der Waals surface area contributed by atoms with Crippen molar-refractivity contribution in [3.63, 3.8) is 0 Å². The topological polar surface area (TPSA) is 18.5 Å². The van der Waals surface area contributed by atoms with Crippen molar-refractivity contribution in [2.24, 2.45) is 0 Å². The number of hydrogen-bond donors (Lipinski definition) is 0. The van der Waals surface area contributed by atoms with E-state index >= 15 is 0 Å². The molecule has 4 heteroatoms. The maximum atomic E-state index is 13.6. The highest BCUT2D eigenvalue weighted by Gasteiger charge is 2.12. The minimum absolute atomic E-state index is 0.316. The van der Waals surface area contributed by atoms with Gasteiger partial charge >= 0.3 is 0 Å². The summed E-state index contributed by atoms with van der Waals surface area (Å²) in [5.41, 5.74) is 0.503. The third kappa shape index (κ3) is 3.95. The van der Waals surface area contributed by atoms with Crippen molar-refractivity contribution in [1.82, 2.24) is 0 Å². The first-order chi connectivity index (χ1) is 9.60. The molecular formula is C16H18F2O2. The molecule has 0 aliphatic carbocycles. The fraction of sp³-hybridized carbons (Fsp3) is 0.250. The molecule has 0 aromatic heterocycles. The Morgan fingerprint density at radius 2 is 1.45 bits per heavy atom. The summed E-state index contributed by atoms with van der Waals surface area (Å²) >= 11 is 0. The van der Waals surface area contributed by atoms with Crippen LogP contribution in [0.2, 0.25) is 0 Å². The molecule has 0 unspecified atom stereocenters.